The van der Waals surface area contributed by atoms with Crippen LogP contribution in [0.2, 0.25) is 0 Å². The first-order chi connectivity index (χ1) is 8.26. The highest BCUT2D eigenvalue weighted by Crippen LogP contribution is 2.16. The van der Waals surface area contributed by atoms with Gasteiger partial charge in [-0.2, -0.15) is 0 Å². The van der Waals surface area contributed by atoms with Gasteiger partial charge in [-0.25, -0.2) is 4.98 Å². The Morgan fingerprint density at radius 1 is 1.41 bits per heavy atom. The highest BCUT2D eigenvalue weighted by atomic mass is 15.2. The summed E-state index contributed by atoms with van der Waals surface area (Å²) in [4.78, 5) is 4.65. The molecule has 1 atom stereocenters. The average Bonchev–Trinajstić information content (AvgIpc) is 2.66. The summed E-state index contributed by atoms with van der Waals surface area (Å²) in [6, 6.07) is 8.50. The Labute approximate surface area is 102 Å². The monoisotopic (exact) mass is 232 g/mol. The van der Waals surface area contributed by atoms with Crippen LogP contribution in [0.4, 0.5) is 0 Å². The Balaban J connectivity index is 2.26. The standard InChI is InChI=1S/C13H20N4/c1-3-6-10(16-14)9-13-15-11-7-4-5-8-12(11)17(13)2/h4-5,7-8,10,16H,3,6,9,14H2,1-2H3. The van der Waals surface area contributed by atoms with Gasteiger partial charge in [-0.05, 0) is 18.6 Å². The largest absolute Gasteiger partial charge is 0.331 e. The molecule has 0 amide bonds. The van der Waals surface area contributed by atoms with Crippen LogP contribution in [0.15, 0.2) is 24.3 Å². The molecule has 3 N–H and O–H groups in total. The van der Waals surface area contributed by atoms with Crippen LogP contribution in [0, 0.1) is 0 Å². The zero-order valence-corrected chi connectivity index (χ0v) is 10.5. The van der Waals surface area contributed by atoms with Crippen molar-refractivity contribution in [1.29, 1.82) is 0 Å². The van der Waals surface area contributed by atoms with Gasteiger partial charge >= 0.3 is 0 Å². The van der Waals surface area contributed by atoms with Gasteiger partial charge in [-0.15, -0.1) is 0 Å². The average molecular weight is 232 g/mol. The van der Waals surface area contributed by atoms with E-state index in [4.69, 9.17) is 5.84 Å². The molecule has 0 fully saturated rings. The summed E-state index contributed by atoms with van der Waals surface area (Å²) in [5.41, 5.74) is 5.10. The second-order valence-electron chi connectivity index (χ2n) is 4.43. The summed E-state index contributed by atoms with van der Waals surface area (Å²) >= 11 is 0. The number of rotatable bonds is 5. The molecule has 92 valence electrons. The van der Waals surface area contributed by atoms with E-state index in [1.54, 1.807) is 0 Å². The molecule has 1 unspecified atom stereocenters. The first kappa shape index (κ1) is 12.1. The van der Waals surface area contributed by atoms with Gasteiger partial charge in [0.1, 0.15) is 5.82 Å². The van der Waals surface area contributed by atoms with Gasteiger partial charge in [0.25, 0.3) is 0 Å². The van der Waals surface area contributed by atoms with Crippen LogP contribution in [0.3, 0.4) is 0 Å². The minimum absolute atomic E-state index is 0.301. The van der Waals surface area contributed by atoms with E-state index in [-0.39, 0.29) is 0 Å². The Morgan fingerprint density at radius 2 is 2.18 bits per heavy atom. The van der Waals surface area contributed by atoms with E-state index in [0.717, 1.165) is 30.6 Å². The number of aryl methyl sites for hydroxylation is 1. The Bertz CT molecular complexity index is 489. The van der Waals surface area contributed by atoms with Crippen molar-refractivity contribution in [2.75, 3.05) is 0 Å². The highest BCUT2D eigenvalue weighted by Gasteiger charge is 2.12. The lowest BCUT2D eigenvalue weighted by molar-refractivity contribution is 0.473. The summed E-state index contributed by atoms with van der Waals surface area (Å²) in [6.45, 7) is 2.17. The lowest BCUT2D eigenvalue weighted by atomic mass is 10.1. The second kappa shape index (κ2) is 5.29. The highest BCUT2D eigenvalue weighted by molar-refractivity contribution is 5.75. The number of fused-ring (bicyclic) bond motifs is 1. The maximum Gasteiger partial charge on any atom is 0.111 e. The fourth-order valence-corrected chi connectivity index (χ4v) is 2.19. The number of nitrogens with zero attached hydrogens (tertiary/aromatic N) is 2. The van der Waals surface area contributed by atoms with Crippen molar-refractivity contribution in [3.8, 4) is 0 Å². The van der Waals surface area contributed by atoms with Gasteiger partial charge in [-0.3, -0.25) is 11.3 Å². The lowest BCUT2D eigenvalue weighted by Gasteiger charge is -2.14. The maximum absolute atomic E-state index is 5.56. The van der Waals surface area contributed by atoms with Gasteiger partial charge < -0.3 is 4.57 Å². The summed E-state index contributed by atoms with van der Waals surface area (Å²) in [7, 11) is 2.06. The van der Waals surface area contributed by atoms with Crippen LogP contribution in [0.25, 0.3) is 11.0 Å². The van der Waals surface area contributed by atoms with E-state index in [2.05, 4.69) is 35.0 Å². The van der Waals surface area contributed by atoms with Crippen molar-refractivity contribution < 1.29 is 0 Å². The van der Waals surface area contributed by atoms with Crippen LogP contribution < -0.4 is 11.3 Å². The van der Waals surface area contributed by atoms with E-state index in [9.17, 15) is 0 Å². The zero-order valence-electron chi connectivity index (χ0n) is 10.5. The molecule has 17 heavy (non-hydrogen) atoms. The fourth-order valence-electron chi connectivity index (χ4n) is 2.19. The predicted molar refractivity (Wildman–Crippen MR) is 70.4 cm³/mol. The van der Waals surface area contributed by atoms with E-state index in [1.165, 1.54) is 5.52 Å². The summed E-state index contributed by atoms with van der Waals surface area (Å²) in [5, 5.41) is 0. The molecular weight excluding hydrogens is 212 g/mol. The third kappa shape index (κ3) is 2.48. The molecule has 4 heteroatoms. The van der Waals surface area contributed by atoms with Gasteiger partial charge in [-0.1, -0.05) is 25.5 Å². The number of para-hydroxylation sites is 2. The van der Waals surface area contributed by atoms with Gasteiger partial charge in [0.05, 0.1) is 11.0 Å². The number of nitrogens with two attached hydrogens (primary N) is 1. The van der Waals surface area contributed by atoms with Gasteiger partial charge in [0, 0.05) is 19.5 Å². The normalized spacial score (nSPS) is 13.1. The van der Waals surface area contributed by atoms with Crippen LogP contribution in [-0.2, 0) is 13.5 Å². The van der Waals surface area contributed by atoms with Gasteiger partial charge in [0.2, 0.25) is 0 Å². The maximum atomic E-state index is 5.56. The molecule has 0 aliphatic heterocycles. The van der Waals surface area contributed by atoms with E-state index < -0.39 is 0 Å². The van der Waals surface area contributed by atoms with E-state index >= 15 is 0 Å². The topological polar surface area (TPSA) is 55.9 Å². The lowest BCUT2D eigenvalue weighted by Crippen LogP contribution is -2.37. The van der Waals surface area contributed by atoms with Crippen molar-refractivity contribution in [2.24, 2.45) is 12.9 Å². The van der Waals surface area contributed by atoms with Gasteiger partial charge in [0.15, 0.2) is 0 Å². The Hall–Kier alpha value is -1.39. The minimum atomic E-state index is 0.301. The molecule has 0 saturated carbocycles. The van der Waals surface area contributed by atoms with Crippen molar-refractivity contribution in [3.63, 3.8) is 0 Å². The number of aromatic nitrogens is 2. The summed E-state index contributed by atoms with van der Waals surface area (Å²) in [6.07, 6.45) is 3.06. The Kier molecular flexibility index (Phi) is 3.76. The quantitative estimate of drug-likeness (QED) is 0.610. The first-order valence-corrected chi connectivity index (χ1v) is 6.12. The molecule has 0 bridgehead atoms. The van der Waals surface area contributed by atoms with E-state index in [1.807, 2.05) is 18.2 Å². The molecule has 0 aliphatic rings. The molecule has 0 aliphatic carbocycles. The number of imidazole rings is 1. The molecule has 2 rings (SSSR count). The van der Waals surface area contributed by atoms with Crippen LogP contribution in [-0.4, -0.2) is 15.6 Å². The number of benzene rings is 1. The molecule has 1 aromatic carbocycles. The van der Waals surface area contributed by atoms with Crippen LogP contribution in [0.1, 0.15) is 25.6 Å². The minimum Gasteiger partial charge on any atom is -0.331 e. The number of hydrogen-bond acceptors (Lipinski definition) is 3. The van der Waals surface area contributed by atoms with Crippen molar-refractivity contribution >= 4 is 11.0 Å². The summed E-state index contributed by atoms with van der Waals surface area (Å²) in [5.74, 6) is 6.65. The Morgan fingerprint density at radius 3 is 2.82 bits per heavy atom. The van der Waals surface area contributed by atoms with Crippen molar-refractivity contribution in [2.45, 2.75) is 32.2 Å². The predicted octanol–water partition coefficient (Wildman–Crippen LogP) is 1.75. The molecule has 0 saturated heterocycles. The van der Waals surface area contributed by atoms with Crippen molar-refractivity contribution in [3.05, 3.63) is 30.1 Å². The summed E-state index contributed by atoms with van der Waals surface area (Å²) < 4.78 is 2.15. The molecule has 2 aromatic rings. The molecule has 0 spiro atoms. The SMILES string of the molecule is CCCC(Cc1nc2ccccc2n1C)NN. The molecular formula is C13H20N4. The van der Waals surface area contributed by atoms with Crippen LogP contribution in [0.5, 0.6) is 0 Å². The third-order valence-electron chi connectivity index (χ3n) is 3.18. The van der Waals surface area contributed by atoms with Crippen LogP contribution >= 0.6 is 0 Å². The molecule has 1 aromatic heterocycles. The van der Waals surface area contributed by atoms with E-state index in [0.29, 0.717) is 6.04 Å². The molecule has 0 radical (unpaired) electrons. The fraction of sp³-hybridized carbons (Fsp3) is 0.462. The second-order valence-corrected chi connectivity index (χ2v) is 4.43. The van der Waals surface area contributed by atoms with Crippen molar-refractivity contribution in [1.82, 2.24) is 15.0 Å². The number of nitrogens with one attached hydrogen (secondary N) is 1. The zero-order chi connectivity index (χ0) is 12.3. The first-order valence-electron chi connectivity index (χ1n) is 6.12. The number of hydrazine groups is 1. The molecule has 4 nitrogen and oxygen atoms in total. The number of hydrogen-bond donors (Lipinski definition) is 2. The third-order valence-corrected chi connectivity index (χ3v) is 3.18. The smallest absolute Gasteiger partial charge is 0.111 e. The molecule has 1 heterocycles.